The average Bonchev–Trinajstić information content (AvgIpc) is 2.46. The van der Waals surface area contributed by atoms with Crippen molar-refractivity contribution in [1.82, 2.24) is 0 Å². The van der Waals surface area contributed by atoms with E-state index in [0.717, 1.165) is 16.7 Å². The molecule has 96 valence electrons. The van der Waals surface area contributed by atoms with Crippen molar-refractivity contribution in [3.63, 3.8) is 0 Å². The quantitative estimate of drug-likeness (QED) is 0.671. The Morgan fingerprint density at radius 3 is 2.11 bits per heavy atom. The molecule has 0 aliphatic heterocycles. The summed E-state index contributed by atoms with van der Waals surface area (Å²) in [5, 5.41) is 10.9. The monoisotopic (exact) mass is 252 g/mol. The maximum Gasteiger partial charge on any atom is 0.142 e. The molecule has 0 aliphatic carbocycles. The molecule has 0 aliphatic rings. The Morgan fingerprint density at radius 2 is 1.53 bits per heavy atom. The fourth-order valence-corrected chi connectivity index (χ4v) is 2.04. The van der Waals surface area contributed by atoms with E-state index in [1.54, 1.807) is 0 Å². The number of carbonyl (C=O) groups is 1. The van der Waals surface area contributed by atoms with Crippen LogP contribution in [-0.4, -0.2) is 11.4 Å². The summed E-state index contributed by atoms with van der Waals surface area (Å²) in [6, 6.07) is 16.9. The molecule has 0 radical (unpaired) electrons. The molecule has 0 fully saturated rings. The predicted molar refractivity (Wildman–Crippen MR) is 75.8 cm³/mol. The lowest BCUT2D eigenvalue weighted by Gasteiger charge is -2.26. The van der Waals surface area contributed by atoms with Gasteiger partial charge in [0.25, 0.3) is 0 Å². The number of allylic oxidation sites excluding steroid dienone is 1. The van der Waals surface area contributed by atoms with Crippen molar-refractivity contribution >= 4 is 6.29 Å². The summed E-state index contributed by atoms with van der Waals surface area (Å²) >= 11 is 0. The van der Waals surface area contributed by atoms with Crippen LogP contribution in [0.2, 0.25) is 0 Å². The van der Waals surface area contributed by atoms with Crippen molar-refractivity contribution in [3.8, 4) is 0 Å². The molecule has 0 spiro atoms. The molecular weight excluding hydrogens is 236 g/mol. The van der Waals surface area contributed by atoms with E-state index >= 15 is 0 Å². The summed E-state index contributed by atoms with van der Waals surface area (Å²) < 4.78 is 0. The molecule has 19 heavy (non-hydrogen) atoms. The summed E-state index contributed by atoms with van der Waals surface area (Å²) in [5.41, 5.74) is 1.31. The SMILES string of the molecule is Cc1ccc(C(O)(/C=C/C=O)c2ccccc2)cc1. The Morgan fingerprint density at radius 1 is 0.947 bits per heavy atom. The van der Waals surface area contributed by atoms with Crippen molar-refractivity contribution in [3.05, 3.63) is 83.4 Å². The summed E-state index contributed by atoms with van der Waals surface area (Å²) in [7, 11) is 0. The maximum atomic E-state index is 10.9. The molecular formula is C17H16O2. The Balaban J connectivity index is 2.55. The molecule has 0 amide bonds. The van der Waals surface area contributed by atoms with Crippen LogP contribution in [-0.2, 0) is 10.4 Å². The molecule has 2 heteroatoms. The number of aliphatic hydroxyl groups is 1. The topological polar surface area (TPSA) is 37.3 Å². The van der Waals surface area contributed by atoms with Crippen LogP contribution in [0.1, 0.15) is 16.7 Å². The predicted octanol–water partition coefficient (Wildman–Crippen LogP) is 2.99. The van der Waals surface area contributed by atoms with Crippen LogP contribution in [0.4, 0.5) is 0 Å². The standard InChI is InChI=1S/C17H16O2/c1-14-8-10-16(11-9-14)17(19,12-5-13-18)15-6-3-2-4-7-15/h2-13,19H,1H3/b12-5+. The van der Waals surface area contributed by atoms with Crippen LogP contribution in [0.5, 0.6) is 0 Å². The van der Waals surface area contributed by atoms with Gasteiger partial charge in [0.05, 0.1) is 0 Å². The zero-order valence-corrected chi connectivity index (χ0v) is 10.8. The van der Waals surface area contributed by atoms with E-state index in [0.29, 0.717) is 6.29 Å². The van der Waals surface area contributed by atoms with Crippen LogP contribution < -0.4 is 0 Å². The molecule has 0 heterocycles. The highest BCUT2D eigenvalue weighted by atomic mass is 16.3. The molecule has 0 bridgehead atoms. The molecule has 2 nitrogen and oxygen atoms in total. The first-order valence-electron chi connectivity index (χ1n) is 6.15. The van der Waals surface area contributed by atoms with Crippen molar-refractivity contribution in [2.45, 2.75) is 12.5 Å². The minimum absolute atomic E-state index is 0.669. The van der Waals surface area contributed by atoms with Gasteiger partial charge in [-0.3, -0.25) is 4.79 Å². The van der Waals surface area contributed by atoms with Crippen LogP contribution in [0.3, 0.4) is 0 Å². The van der Waals surface area contributed by atoms with Gasteiger partial charge in [-0.05, 0) is 30.2 Å². The van der Waals surface area contributed by atoms with Crippen molar-refractivity contribution in [2.75, 3.05) is 0 Å². The number of rotatable bonds is 4. The molecule has 2 rings (SSSR count). The molecule has 1 unspecified atom stereocenters. The number of hydrogen-bond donors (Lipinski definition) is 1. The van der Waals surface area contributed by atoms with Gasteiger partial charge in [-0.25, -0.2) is 0 Å². The largest absolute Gasteiger partial charge is 0.377 e. The molecule has 0 saturated carbocycles. The van der Waals surface area contributed by atoms with Crippen molar-refractivity contribution in [1.29, 1.82) is 0 Å². The second-order valence-electron chi connectivity index (χ2n) is 4.49. The normalized spacial score (nSPS) is 14.2. The third-order valence-corrected chi connectivity index (χ3v) is 3.12. The molecule has 1 N–H and O–H groups in total. The van der Waals surface area contributed by atoms with E-state index < -0.39 is 5.60 Å². The fourth-order valence-electron chi connectivity index (χ4n) is 2.04. The number of benzene rings is 2. The average molecular weight is 252 g/mol. The lowest BCUT2D eigenvalue weighted by atomic mass is 9.85. The van der Waals surface area contributed by atoms with Gasteiger partial charge in [0.2, 0.25) is 0 Å². The van der Waals surface area contributed by atoms with E-state index in [1.807, 2.05) is 61.5 Å². The zero-order valence-electron chi connectivity index (χ0n) is 10.8. The number of aldehydes is 1. The highest BCUT2D eigenvalue weighted by molar-refractivity contribution is 5.66. The molecule has 0 saturated heterocycles. The minimum atomic E-state index is -1.28. The van der Waals surface area contributed by atoms with Gasteiger partial charge in [-0.2, -0.15) is 0 Å². The van der Waals surface area contributed by atoms with Gasteiger partial charge in [-0.1, -0.05) is 60.2 Å². The van der Waals surface area contributed by atoms with Crippen molar-refractivity contribution in [2.24, 2.45) is 0 Å². The zero-order chi connectivity index (χ0) is 13.7. The highest BCUT2D eigenvalue weighted by Gasteiger charge is 2.28. The van der Waals surface area contributed by atoms with Crippen molar-refractivity contribution < 1.29 is 9.90 Å². The molecule has 0 aromatic heterocycles. The van der Waals surface area contributed by atoms with E-state index in [-0.39, 0.29) is 0 Å². The second-order valence-corrected chi connectivity index (χ2v) is 4.49. The number of hydrogen-bond acceptors (Lipinski definition) is 2. The van der Waals surface area contributed by atoms with Gasteiger partial charge in [0.1, 0.15) is 11.9 Å². The first-order valence-corrected chi connectivity index (χ1v) is 6.15. The third-order valence-electron chi connectivity index (χ3n) is 3.12. The third kappa shape index (κ3) is 2.80. The Hall–Kier alpha value is -2.19. The Kier molecular flexibility index (Phi) is 3.93. The minimum Gasteiger partial charge on any atom is -0.377 e. The molecule has 1 atom stereocenters. The lowest BCUT2D eigenvalue weighted by Crippen LogP contribution is -2.24. The lowest BCUT2D eigenvalue weighted by molar-refractivity contribution is -0.104. The van der Waals surface area contributed by atoms with E-state index in [9.17, 15) is 9.90 Å². The maximum absolute atomic E-state index is 10.9. The van der Waals surface area contributed by atoms with Gasteiger partial charge >= 0.3 is 0 Å². The van der Waals surface area contributed by atoms with Crippen LogP contribution >= 0.6 is 0 Å². The number of carbonyl (C=O) groups excluding carboxylic acids is 1. The van der Waals surface area contributed by atoms with Gasteiger partial charge in [-0.15, -0.1) is 0 Å². The van der Waals surface area contributed by atoms with E-state index in [4.69, 9.17) is 0 Å². The van der Waals surface area contributed by atoms with E-state index in [1.165, 1.54) is 12.2 Å². The molecule has 2 aromatic carbocycles. The first-order chi connectivity index (χ1) is 9.16. The Bertz CT molecular complexity index is 570. The highest BCUT2D eigenvalue weighted by Crippen LogP contribution is 2.31. The Labute approximate surface area is 113 Å². The summed E-state index contributed by atoms with van der Waals surface area (Å²) in [4.78, 5) is 10.6. The smallest absolute Gasteiger partial charge is 0.142 e. The summed E-state index contributed by atoms with van der Waals surface area (Å²) in [5.74, 6) is 0. The van der Waals surface area contributed by atoms with Crippen LogP contribution in [0.15, 0.2) is 66.7 Å². The molecule has 2 aromatic rings. The second kappa shape index (κ2) is 5.63. The fraction of sp³-hybridized carbons (Fsp3) is 0.118. The summed E-state index contributed by atoms with van der Waals surface area (Å²) in [6.45, 7) is 1.99. The number of aryl methyl sites for hydroxylation is 1. The van der Waals surface area contributed by atoms with Gasteiger partial charge < -0.3 is 5.11 Å². The summed E-state index contributed by atoms with van der Waals surface area (Å²) in [6.07, 6.45) is 3.51. The van der Waals surface area contributed by atoms with Crippen LogP contribution in [0, 0.1) is 6.92 Å². The van der Waals surface area contributed by atoms with Gasteiger partial charge in [0, 0.05) is 0 Å². The van der Waals surface area contributed by atoms with Gasteiger partial charge in [0.15, 0.2) is 0 Å². The van der Waals surface area contributed by atoms with E-state index in [2.05, 4.69) is 0 Å². The first kappa shape index (κ1) is 13.2. The van der Waals surface area contributed by atoms with Crippen LogP contribution in [0.25, 0.3) is 0 Å².